The molecule has 2 N–H and O–H groups in total. The van der Waals surface area contributed by atoms with Gasteiger partial charge in [-0.15, -0.1) is 0 Å². The zero-order chi connectivity index (χ0) is 12.7. The fourth-order valence-corrected chi connectivity index (χ4v) is 1.23. The van der Waals surface area contributed by atoms with Crippen LogP contribution in [0.3, 0.4) is 0 Å². The highest BCUT2D eigenvalue weighted by molar-refractivity contribution is 6.48. The third-order valence-electron chi connectivity index (χ3n) is 1.98. The molecule has 0 bridgehead atoms. The molecule has 92 valence electrons. The molecule has 6 heteroatoms. The molecule has 0 spiro atoms. The number of hydrogen-bond donors (Lipinski definition) is 2. The molecule has 5 nitrogen and oxygen atoms in total. The van der Waals surface area contributed by atoms with E-state index in [4.69, 9.17) is 24.3 Å². The summed E-state index contributed by atoms with van der Waals surface area (Å²) < 4.78 is 15.2. The van der Waals surface area contributed by atoms with E-state index in [-0.39, 0.29) is 6.79 Å². The highest BCUT2D eigenvalue weighted by atomic mass is 16.7. The Hall–Kier alpha value is -1.50. The minimum atomic E-state index is -1.47. The van der Waals surface area contributed by atoms with Gasteiger partial charge in [-0.3, -0.25) is 0 Å². The number of methoxy groups -OCH3 is 2. The van der Waals surface area contributed by atoms with Gasteiger partial charge in [0.15, 0.2) is 18.3 Å². The minimum absolute atomic E-state index is 0.140. The van der Waals surface area contributed by atoms with Crippen molar-refractivity contribution in [2.75, 3.05) is 21.0 Å². The van der Waals surface area contributed by atoms with E-state index in [0.29, 0.717) is 11.5 Å². The van der Waals surface area contributed by atoms with Crippen LogP contribution in [0.15, 0.2) is 24.2 Å². The van der Waals surface area contributed by atoms with Gasteiger partial charge in [-0.05, 0) is 17.7 Å². The molecule has 0 fully saturated rings. The normalized spacial score (nSPS) is 10.6. The van der Waals surface area contributed by atoms with Crippen LogP contribution in [0.1, 0.15) is 5.56 Å². The van der Waals surface area contributed by atoms with Crippen LogP contribution in [0.5, 0.6) is 11.5 Å². The van der Waals surface area contributed by atoms with Gasteiger partial charge >= 0.3 is 7.12 Å². The van der Waals surface area contributed by atoms with Crippen LogP contribution in [0, 0.1) is 0 Å². The molecule has 0 saturated heterocycles. The zero-order valence-corrected chi connectivity index (χ0v) is 9.79. The molecule has 0 aliphatic carbocycles. The summed E-state index contributed by atoms with van der Waals surface area (Å²) in [6.45, 7) is 0.140. The topological polar surface area (TPSA) is 68.2 Å². The lowest BCUT2D eigenvalue weighted by molar-refractivity contribution is 0.0491. The molecule has 1 aromatic rings. The summed E-state index contributed by atoms with van der Waals surface area (Å²) in [5.41, 5.74) is 0.778. The standard InChI is InChI=1S/C11H15BO5/c1-15-8-17-10-4-3-9(5-6-12(13)14)7-11(10)16-2/h3-7,13-14H,8H2,1-2H3/b6-5+. The van der Waals surface area contributed by atoms with Gasteiger partial charge in [0.05, 0.1) is 7.11 Å². The van der Waals surface area contributed by atoms with Crippen molar-refractivity contribution in [3.05, 3.63) is 29.7 Å². The van der Waals surface area contributed by atoms with Crippen molar-refractivity contribution >= 4 is 13.2 Å². The van der Waals surface area contributed by atoms with Crippen LogP contribution in [0.2, 0.25) is 0 Å². The first-order chi connectivity index (χ1) is 8.17. The van der Waals surface area contributed by atoms with E-state index in [0.717, 1.165) is 5.56 Å². The van der Waals surface area contributed by atoms with E-state index >= 15 is 0 Å². The Kier molecular flexibility index (Phi) is 5.55. The molecule has 0 amide bonds. The monoisotopic (exact) mass is 238 g/mol. The first-order valence-electron chi connectivity index (χ1n) is 5.01. The highest BCUT2D eigenvalue weighted by Gasteiger charge is 2.05. The van der Waals surface area contributed by atoms with Crippen molar-refractivity contribution in [2.45, 2.75) is 0 Å². The van der Waals surface area contributed by atoms with Crippen LogP contribution in [0.4, 0.5) is 0 Å². The van der Waals surface area contributed by atoms with Crippen molar-refractivity contribution < 1.29 is 24.3 Å². The van der Waals surface area contributed by atoms with Gasteiger partial charge < -0.3 is 24.3 Å². The lowest BCUT2D eigenvalue weighted by Gasteiger charge is -2.10. The van der Waals surface area contributed by atoms with Crippen LogP contribution in [-0.4, -0.2) is 38.2 Å². The van der Waals surface area contributed by atoms with E-state index in [9.17, 15) is 0 Å². The van der Waals surface area contributed by atoms with Gasteiger partial charge in [0.25, 0.3) is 0 Å². The lowest BCUT2D eigenvalue weighted by atomic mass is 9.91. The number of benzene rings is 1. The molecule has 17 heavy (non-hydrogen) atoms. The largest absolute Gasteiger partial charge is 0.493 e. The average Bonchev–Trinajstić information content (AvgIpc) is 2.34. The maximum atomic E-state index is 8.71. The van der Waals surface area contributed by atoms with Crippen LogP contribution in [0.25, 0.3) is 6.08 Å². The van der Waals surface area contributed by atoms with Gasteiger partial charge in [-0.1, -0.05) is 18.1 Å². The second-order valence-corrected chi connectivity index (χ2v) is 3.23. The molecule has 0 aliphatic rings. The lowest BCUT2D eigenvalue weighted by Crippen LogP contribution is -2.05. The van der Waals surface area contributed by atoms with Crippen LogP contribution < -0.4 is 9.47 Å². The molecule has 0 radical (unpaired) electrons. The number of rotatable bonds is 6. The van der Waals surface area contributed by atoms with E-state index < -0.39 is 7.12 Å². The molecule has 0 heterocycles. The molecule has 0 aliphatic heterocycles. The Labute approximate surface area is 100 Å². The molecule has 1 rings (SSSR count). The van der Waals surface area contributed by atoms with E-state index in [1.54, 1.807) is 24.3 Å². The summed E-state index contributed by atoms with van der Waals surface area (Å²) in [5, 5.41) is 17.4. The van der Waals surface area contributed by atoms with E-state index in [1.807, 2.05) is 0 Å². The third kappa shape index (κ3) is 4.48. The number of ether oxygens (including phenoxy) is 3. The van der Waals surface area contributed by atoms with Crippen molar-refractivity contribution in [3.8, 4) is 11.5 Å². The summed E-state index contributed by atoms with van der Waals surface area (Å²) in [5.74, 6) is 2.37. The molecule has 0 aromatic heterocycles. The van der Waals surface area contributed by atoms with Crippen LogP contribution in [-0.2, 0) is 4.74 Å². The predicted octanol–water partition coefficient (Wildman–Crippen LogP) is 0.703. The maximum absolute atomic E-state index is 8.71. The molecular formula is C11H15BO5. The zero-order valence-electron chi connectivity index (χ0n) is 9.79. The Bertz CT molecular complexity index is 378. The molecule has 0 atom stereocenters. The quantitative estimate of drug-likeness (QED) is 0.564. The van der Waals surface area contributed by atoms with Crippen molar-refractivity contribution in [1.29, 1.82) is 0 Å². The first kappa shape index (κ1) is 13.6. The Balaban J connectivity index is 2.84. The summed E-state index contributed by atoms with van der Waals surface area (Å²) in [4.78, 5) is 0. The molecule has 0 saturated carbocycles. The Morgan fingerprint density at radius 3 is 2.59 bits per heavy atom. The van der Waals surface area contributed by atoms with Gasteiger partial charge in [0, 0.05) is 7.11 Å². The highest BCUT2D eigenvalue weighted by Crippen LogP contribution is 2.28. The second kappa shape index (κ2) is 6.95. The smallest absolute Gasteiger partial charge is 0.480 e. The summed E-state index contributed by atoms with van der Waals surface area (Å²) in [7, 11) is 1.60. The van der Waals surface area contributed by atoms with Gasteiger partial charge in [-0.2, -0.15) is 0 Å². The maximum Gasteiger partial charge on any atom is 0.480 e. The third-order valence-corrected chi connectivity index (χ3v) is 1.98. The fraction of sp³-hybridized carbons (Fsp3) is 0.273. The second-order valence-electron chi connectivity index (χ2n) is 3.23. The number of hydrogen-bond acceptors (Lipinski definition) is 5. The SMILES string of the molecule is COCOc1ccc(/C=C/B(O)O)cc1OC. The predicted molar refractivity (Wildman–Crippen MR) is 64.7 cm³/mol. The molecule has 1 aromatic carbocycles. The Morgan fingerprint density at radius 2 is 2.00 bits per heavy atom. The van der Waals surface area contributed by atoms with Crippen molar-refractivity contribution in [3.63, 3.8) is 0 Å². The van der Waals surface area contributed by atoms with Crippen LogP contribution >= 0.6 is 0 Å². The van der Waals surface area contributed by atoms with E-state index in [2.05, 4.69) is 0 Å². The van der Waals surface area contributed by atoms with Crippen molar-refractivity contribution in [2.24, 2.45) is 0 Å². The van der Waals surface area contributed by atoms with Gasteiger partial charge in [0.1, 0.15) is 0 Å². The molecular weight excluding hydrogens is 223 g/mol. The summed E-state index contributed by atoms with van der Waals surface area (Å²) in [6, 6.07) is 5.22. The summed E-state index contributed by atoms with van der Waals surface area (Å²) >= 11 is 0. The minimum Gasteiger partial charge on any atom is -0.493 e. The molecule has 0 unspecified atom stereocenters. The van der Waals surface area contributed by atoms with Gasteiger partial charge in [-0.25, -0.2) is 0 Å². The fourth-order valence-electron chi connectivity index (χ4n) is 1.23. The first-order valence-corrected chi connectivity index (χ1v) is 5.01. The average molecular weight is 238 g/mol. The Morgan fingerprint density at radius 1 is 1.24 bits per heavy atom. The summed E-state index contributed by atoms with van der Waals surface area (Å²) in [6.07, 6.45) is 1.58. The van der Waals surface area contributed by atoms with Crippen molar-refractivity contribution in [1.82, 2.24) is 0 Å². The van der Waals surface area contributed by atoms with Gasteiger partial charge in [0.2, 0.25) is 0 Å². The van der Waals surface area contributed by atoms with E-state index in [1.165, 1.54) is 20.2 Å².